The van der Waals surface area contributed by atoms with Crippen LogP contribution in [0.5, 0.6) is 0 Å². The van der Waals surface area contributed by atoms with E-state index in [-0.39, 0.29) is 0 Å². The van der Waals surface area contributed by atoms with Gasteiger partial charge in [-0.05, 0) is 94.0 Å². The van der Waals surface area contributed by atoms with E-state index in [1.54, 1.807) is 40.6 Å². The lowest BCUT2D eigenvalue weighted by atomic mass is 9.89. The number of ether oxygens (including phenoxy) is 4. The van der Waals surface area contributed by atoms with E-state index in [0.29, 0.717) is 33.2 Å². The molecule has 0 aromatic rings. The van der Waals surface area contributed by atoms with Crippen molar-refractivity contribution in [1.82, 2.24) is 0 Å². The summed E-state index contributed by atoms with van der Waals surface area (Å²) in [6, 6.07) is 0. The van der Waals surface area contributed by atoms with Crippen LogP contribution in [0.3, 0.4) is 0 Å². The van der Waals surface area contributed by atoms with E-state index in [1.165, 1.54) is 0 Å². The lowest BCUT2D eigenvalue weighted by Gasteiger charge is -2.38. The van der Waals surface area contributed by atoms with Gasteiger partial charge in [0.2, 0.25) is 0 Å². The lowest BCUT2D eigenvalue weighted by Crippen LogP contribution is -2.44. The van der Waals surface area contributed by atoms with Crippen molar-refractivity contribution in [3.8, 4) is 46.6 Å². The molecular weight excluding hydrogens is 649 g/mol. The first kappa shape index (κ1) is 43.4. The zero-order valence-electron chi connectivity index (χ0n) is 33.9. The Hall–Kier alpha value is -2.79. The standard InChI is InChI=1S/C44H64O4Si2/c1-35(2)49(36(3)4,37(5)6)33-31-43(47-15)27-23-41(45-13,24-28-43)21-19-17-18-20-22-42(46-14)25-29-44(48-16,30-26-42)32-34-50(38(7)8,39(9)10)40(11)12/h17-18,23-30,35-40H,1-16H3/b18-17-. The Morgan fingerprint density at radius 2 is 0.580 bits per heavy atom. The molecule has 0 spiro atoms. The fourth-order valence-electron chi connectivity index (χ4n) is 7.96. The monoisotopic (exact) mass is 712 g/mol. The Kier molecular flexibility index (Phi) is 15.3. The molecule has 2 aliphatic rings. The van der Waals surface area contributed by atoms with Gasteiger partial charge >= 0.3 is 0 Å². The van der Waals surface area contributed by atoms with Gasteiger partial charge in [-0.25, -0.2) is 0 Å². The molecule has 272 valence electrons. The van der Waals surface area contributed by atoms with Gasteiger partial charge in [-0.15, -0.1) is 11.1 Å². The highest BCUT2D eigenvalue weighted by molar-refractivity contribution is 6.91. The summed E-state index contributed by atoms with van der Waals surface area (Å²) in [4.78, 5) is 0. The van der Waals surface area contributed by atoms with Crippen molar-refractivity contribution in [3.63, 3.8) is 0 Å². The Morgan fingerprint density at radius 3 is 0.760 bits per heavy atom. The fourth-order valence-corrected chi connectivity index (χ4v) is 18.5. The third-order valence-corrected chi connectivity index (χ3v) is 23.7. The summed E-state index contributed by atoms with van der Waals surface area (Å²) in [6.07, 6.45) is 19.0. The number of methoxy groups -OCH3 is 4. The van der Waals surface area contributed by atoms with Gasteiger partial charge < -0.3 is 18.9 Å². The van der Waals surface area contributed by atoms with Gasteiger partial charge in [0.15, 0.2) is 22.4 Å². The predicted molar refractivity (Wildman–Crippen MR) is 218 cm³/mol. The number of hydrogen-bond acceptors (Lipinski definition) is 4. The van der Waals surface area contributed by atoms with E-state index >= 15 is 0 Å². The molecule has 0 amide bonds. The molecule has 0 saturated heterocycles. The molecule has 0 aromatic heterocycles. The third-order valence-electron chi connectivity index (χ3n) is 11.1. The smallest absolute Gasteiger partial charge is 0.166 e. The molecule has 4 nitrogen and oxygen atoms in total. The summed E-state index contributed by atoms with van der Waals surface area (Å²) in [5.41, 5.74) is 7.40. The third kappa shape index (κ3) is 9.16. The van der Waals surface area contributed by atoms with Gasteiger partial charge in [0.1, 0.15) is 16.1 Å². The average Bonchev–Trinajstić information content (AvgIpc) is 3.07. The Morgan fingerprint density at radius 1 is 0.380 bits per heavy atom. The fraction of sp³-hybridized carbons (Fsp3) is 0.591. The second-order valence-corrected chi connectivity index (χ2v) is 26.6. The summed E-state index contributed by atoms with van der Waals surface area (Å²) in [6.45, 7) is 27.8. The molecule has 0 atom stereocenters. The molecular formula is C44H64O4Si2. The topological polar surface area (TPSA) is 36.9 Å². The van der Waals surface area contributed by atoms with Crippen molar-refractivity contribution < 1.29 is 18.9 Å². The van der Waals surface area contributed by atoms with Crippen molar-refractivity contribution >= 4 is 16.1 Å². The Bertz CT molecular complexity index is 1380. The largest absolute Gasteiger partial charge is 0.358 e. The van der Waals surface area contributed by atoms with Crippen molar-refractivity contribution in [3.05, 3.63) is 60.8 Å². The van der Waals surface area contributed by atoms with Gasteiger partial charge in [-0.3, -0.25) is 0 Å². The van der Waals surface area contributed by atoms with Gasteiger partial charge in [-0.2, -0.15) is 0 Å². The second kappa shape index (κ2) is 17.6. The van der Waals surface area contributed by atoms with Crippen LogP contribution in [0.15, 0.2) is 60.8 Å². The molecule has 50 heavy (non-hydrogen) atoms. The molecule has 0 radical (unpaired) electrons. The zero-order valence-corrected chi connectivity index (χ0v) is 35.9. The first-order chi connectivity index (χ1) is 23.4. The summed E-state index contributed by atoms with van der Waals surface area (Å²) in [5.74, 6) is 19.7. The van der Waals surface area contributed by atoms with E-state index in [2.05, 4.69) is 130 Å². The zero-order chi connectivity index (χ0) is 38.0. The van der Waals surface area contributed by atoms with E-state index in [9.17, 15) is 0 Å². The second-order valence-electron chi connectivity index (χ2n) is 15.5. The number of rotatable bonds is 10. The van der Waals surface area contributed by atoms with Gasteiger partial charge in [0.05, 0.1) is 0 Å². The number of allylic oxidation sites excluding steroid dienone is 2. The molecule has 0 aliphatic heterocycles. The molecule has 2 rings (SSSR count). The SMILES string of the molecule is COC1(C#C/C=C\C#CC2(OC)C=CC(C#C[Si](C(C)C)(C(C)C)C(C)C)(OC)C=C2)C=CC(C#C[Si](C(C)C)(C(C)C)C(C)C)(OC)C=C1. The molecule has 6 heteroatoms. The summed E-state index contributed by atoms with van der Waals surface area (Å²) in [5, 5.41) is 0. The van der Waals surface area contributed by atoms with Crippen molar-refractivity contribution in [2.75, 3.05) is 28.4 Å². The molecule has 0 N–H and O–H groups in total. The summed E-state index contributed by atoms with van der Waals surface area (Å²) < 4.78 is 23.6. The minimum absolute atomic E-state index is 0.535. The van der Waals surface area contributed by atoms with Crippen molar-refractivity contribution in [2.24, 2.45) is 0 Å². The van der Waals surface area contributed by atoms with Crippen LogP contribution in [-0.4, -0.2) is 67.0 Å². The maximum Gasteiger partial charge on any atom is 0.166 e. The Labute approximate surface area is 308 Å². The molecule has 0 aromatic carbocycles. The normalized spacial score (nSPS) is 26.3. The van der Waals surface area contributed by atoms with E-state index < -0.39 is 38.6 Å². The predicted octanol–water partition coefficient (Wildman–Crippen LogP) is 9.79. The maximum atomic E-state index is 5.97. The highest BCUT2D eigenvalue weighted by Crippen LogP contribution is 2.42. The molecule has 0 saturated carbocycles. The molecule has 0 bridgehead atoms. The van der Waals surface area contributed by atoms with Crippen LogP contribution >= 0.6 is 0 Å². The van der Waals surface area contributed by atoms with Crippen LogP contribution in [0.4, 0.5) is 0 Å². The summed E-state index contributed by atoms with van der Waals surface area (Å²) in [7, 11) is 2.85. The van der Waals surface area contributed by atoms with Crippen LogP contribution in [0.2, 0.25) is 33.2 Å². The molecule has 0 heterocycles. The Balaban J connectivity index is 2.32. The quantitative estimate of drug-likeness (QED) is 0.128. The van der Waals surface area contributed by atoms with E-state index in [4.69, 9.17) is 18.9 Å². The van der Waals surface area contributed by atoms with Crippen molar-refractivity contribution in [2.45, 2.75) is 139 Å². The summed E-state index contributed by atoms with van der Waals surface area (Å²) >= 11 is 0. The van der Waals surface area contributed by atoms with Crippen LogP contribution in [-0.2, 0) is 18.9 Å². The minimum atomic E-state index is -1.92. The van der Waals surface area contributed by atoms with E-state index in [1.807, 2.05) is 48.6 Å². The van der Waals surface area contributed by atoms with Crippen LogP contribution in [0, 0.1) is 46.6 Å². The lowest BCUT2D eigenvalue weighted by molar-refractivity contribution is 0.0954. The highest BCUT2D eigenvalue weighted by atomic mass is 28.3. The van der Waals surface area contributed by atoms with Crippen LogP contribution < -0.4 is 0 Å². The molecule has 0 fully saturated rings. The van der Waals surface area contributed by atoms with Gasteiger partial charge in [-0.1, -0.05) is 119 Å². The van der Waals surface area contributed by atoms with Crippen LogP contribution in [0.1, 0.15) is 83.1 Å². The maximum absolute atomic E-state index is 5.97. The molecule has 0 unspecified atom stereocenters. The average molecular weight is 713 g/mol. The molecule has 2 aliphatic carbocycles. The van der Waals surface area contributed by atoms with Gasteiger partial charge in [0.25, 0.3) is 0 Å². The first-order valence-corrected chi connectivity index (χ1v) is 22.6. The minimum Gasteiger partial charge on any atom is -0.358 e. The number of hydrogen-bond donors (Lipinski definition) is 0. The van der Waals surface area contributed by atoms with Gasteiger partial charge in [0, 0.05) is 28.4 Å². The van der Waals surface area contributed by atoms with E-state index in [0.717, 1.165) is 0 Å². The van der Waals surface area contributed by atoms with Crippen LogP contribution in [0.25, 0.3) is 0 Å². The van der Waals surface area contributed by atoms with Crippen molar-refractivity contribution in [1.29, 1.82) is 0 Å². The first-order valence-electron chi connectivity index (χ1n) is 18.2. The highest BCUT2D eigenvalue weighted by Gasteiger charge is 2.44.